The zero-order chi connectivity index (χ0) is 17.6. The first-order chi connectivity index (χ1) is 12.2. The Morgan fingerprint density at radius 3 is 2.80 bits per heavy atom. The lowest BCUT2D eigenvalue weighted by Gasteiger charge is -2.36. The van der Waals surface area contributed by atoms with Crippen LogP contribution >= 0.6 is 15.9 Å². The van der Waals surface area contributed by atoms with Crippen molar-refractivity contribution in [3.05, 3.63) is 34.1 Å². The number of guanidine groups is 1. The van der Waals surface area contributed by atoms with Crippen molar-refractivity contribution in [2.45, 2.75) is 25.5 Å². The summed E-state index contributed by atoms with van der Waals surface area (Å²) >= 11 is 3.20. The van der Waals surface area contributed by atoms with Crippen LogP contribution in [-0.4, -0.2) is 68.2 Å². The number of nitrogens with zero attached hydrogens (tertiary/aromatic N) is 3. The summed E-state index contributed by atoms with van der Waals surface area (Å²) in [5.74, 6) is 0.750. The first kappa shape index (κ1) is 18.6. The van der Waals surface area contributed by atoms with Crippen molar-refractivity contribution in [3.8, 4) is 0 Å². The molecule has 138 valence electrons. The average molecular weight is 413 g/mol. The smallest absolute Gasteiger partial charge is 0.193 e. The van der Waals surface area contributed by atoms with E-state index in [9.17, 15) is 4.39 Å². The monoisotopic (exact) mass is 412 g/mol. The Balaban J connectivity index is 1.46. The van der Waals surface area contributed by atoms with Gasteiger partial charge in [-0.1, -0.05) is 6.07 Å². The first-order valence-corrected chi connectivity index (χ1v) is 9.68. The Bertz CT molecular complexity index is 599. The minimum absolute atomic E-state index is 0.199. The predicted molar refractivity (Wildman–Crippen MR) is 101 cm³/mol. The highest BCUT2D eigenvalue weighted by molar-refractivity contribution is 9.10. The van der Waals surface area contributed by atoms with Gasteiger partial charge in [0.05, 0.1) is 10.6 Å². The molecule has 3 rings (SSSR count). The van der Waals surface area contributed by atoms with Crippen LogP contribution in [0.2, 0.25) is 0 Å². The van der Waals surface area contributed by atoms with Gasteiger partial charge in [0.25, 0.3) is 0 Å². The molecule has 1 unspecified atom stereocenters. The zero-order valence-electron chi connectivity index (χ0n) is 14.7. The molecule has 1 atom stereocenters. The van der Waals surface area contributed by atoms with Gasteiger partial charge >= 0.3 is 0 Å². The van der Waals surface area contributed by atoms with E-state index in [0.717, 1.165) is 70.2 Å². The van der Waals surface area contributed by atoms with E-state index < -0.39 is 0 Å². The van der Waals surface area contributed by atoms with Gasteiger partial charge in [-0.2, -0.15) is 0 Å². The highest BCUT2D eigenvalue weighted by atomic mass is 79.9. The fourth-order valence-corrected chi connectivity index (χ4v) is 3.60. The van der Waals surface area contributed by atoms with Crippen LogP contribution in [0, 0.1) is 5.82 Å². The molecule has 0 aliphatic carbocycles. The van der Waals surface area contributed by atoms with Crippen molar-refractivity contribution in [3.63, 3.8) is 0 Å². The number of rotatable bonds is 4. The number of hydrogen-bond donors (Lipinski definition) is 1. The molecule has 0 aromatic heterocycles. The van der Waals surface area contributed by atoms with Crippen LogP contribution in [0.4, 0.5) is 4.39 Å². The molecule has 2 aliphatic heterocycles. The van der Waals surface area contributed by atoms with Crippen LogP contribution in [0.15, 0.2) is 27.7 Å². The summed E-state index contributed by atoms with van der Waals surface area (Å²) < 4.78 is 19.8. The summed E-state index contributed by atoms with van der Waals surface area (Å²) in [4.78, 5) is 9.04. The quantitative estimate of drug-likeness (QED) is 0.608. The van der Waals surface area contributed by atoms with Crippen LogP contribution in [0.25, 0.3) is 0 Å². The van der Waals surface area contributed by atoms with Crippen LogP contribution in [0.3, 0.4) is 0 Å². The molecule has 0 radical (unpaired) electrons. The predicted octanol–water partition coefficient (Wildman–Crippen LogP) is 2.46. The SMILES string of the molecule is CN=C(NCC1CCCO1)N1CCN(Cc2ccc(Br)c(F)c2)CC1. The summed E-state index contributed by atoms with van der Waals surface area (Å²) in [6, 6.07) is 5.36. The number of aliphatic imine (C=N–C) groups is 1. The summed E-state index contributed by atoms with van der Waals surface area (Å²) in [5, 5.41) is 3.44. The van der Waals surface area contributed by atoms with E-state index in [4.69, 9.17) is 4.74 Å². The third kappa shape index (κ3) is 5.15. The summed E-state index contributed by atoms with van der Waals surface area (Å²) in [6.07, 6.45) is 2.59. The van der Waals surface area contributed by atoms with Gasteiger partial charge in [0.15, 0.2) is 5.96 Å². The van der Waals surface area contributed by atoms with E-state index in [1.807, 2.05) is 13.1 Å². The maximum Gasteiger partial charge on any atom is 0.193 e. The van der Waals surface area contributed by atoms with Gasteiger partial charge in [-0.05, 0) is 46.5 Å². The van der Waals surface area contributed by atoms with Crippen LogP contribution in [0.1, 0.15) is 18.4 Å². The first-order valence-electron chi connectivity index (χ1n) is 8.89. The van der Waals surface area contributed by atoms with Crippen LogP contribution < -0.4 is 5.32 Å². The minimum atomic E-state index is -0.199. The molecular formula is C18H26BrFN4O. The minimum Gasteiger partial charge on any atom is -0.376 e. The highest BCUT2D eigenvalue weighted by Crippen LogP contribution is 2.18. The zero-order valence-corrected chi connectivity index (χ0v) is 16.3. The second kappa shape index (κ2) is 8.96. The Hall–Kier alpha value is -1.18. The van der Waals surface area contributed by atoms with Gasteiger partial charge < -0.3 is 15.0 Å². The van der Waals surface area contributed by atoms with Gasteiger partial charge in [0, 0.05) is 52.9 Å². The van der Waals surface area contributed by atoms with Gasteiger partial charge in [0.2, 0.25) is 0 Å². The maximum atomic E-state index is 13.7. The standard InChI is InChI=1S/C18H26BrFN4O/c1-21-18(22-12-15-3-2-10-25-15)24-8-6-23(7-9-24)13-14-4-5-16(19)17(20)11-14/h4-5,11,15H,2-3,6-10,12-13H2,1H3,(H,21,22). The third-order valence-electron chi connectivity index (χ3n) is 4.79. The fourth-order valence-electron chi connectivity index (χ4n) is 3.36. The molecule has 2 aliphatic rings. The summed E-state index contributed by atoms with van der Waals surface area (Å²) in [6.45, 7) is 6.20. The van der Waals surface area contributed by atoms with Crippen molar-refractivity contribution < 1.29 is 9.13 Å². The van der Waals surface area contributed by atoms with Gasteiger partial charge in [-0.15, -0.1) is 0 Å². The number of ether oxygens (including phenoxy) is 1. The van der Waals surface area contributed by atoms with Crippen molar-refractivity contribution in [1.29, 1.82) is 0 Å². The lowest BCUT2D eigenvalue weighted by Crippen LogP contribution is -2.53. The van der Waals surface area contributed by atoms with Gasteiger partial charge in [0.1, 0.15) is 5.82 Å². The Labute approximate surface area is 157 Å². The second-order valence-corrected chi connectivity index (χ2v) is 7.43. The molecule has 7 heteroatoms. The van der Waals surface area contributed by atoms with E-state index in [2.05, 4.69) is 36.0 Å². The molecule has 2 fully saturated rings. The summed E-state index contributed by atoms with van der Waals surface area (Å²) in [7, 11) is 1.83. The molecular weight excluding hydrogens is 387 g/mol. The lowest BCUT2D eigenvalue weighted by atomic mass is 10.2. The molecule has 2 heterocycles. The Morgan fingerprint density at radius 2 is 2.16 bits per heavy atom. The molecule has 0 bridgehead atoms. The molecule has 1 aromatic carbocycles. The number of piperazine rings is 1. The van der Waals surface area contributed by atoms with Crippen molar-refractivity contribution in [1.82, 2.24) is 15.1 Å². The highest BCUT2D eigenvalue weighted by Gasteiger charge is 2.21. The lowest BCUT2D eigenvalue weighted by molar-refractivity contribution is 0.112. The molecule has 0 amide bonds. The normalized spacial score (nSPS) is 22.4. The molecule has 2 saturated heterocycles. The van der Waals surface area contributed by atoms with E-state index >= 15 is 0 Å². The van der Waals surface area contributed by atoms with E-state index in [1.54, 1.807) is 12.1 Å². The number of benzene rings is 1. The van der Waals surface area contributed by atoms with E-state index in [0.29, 0.717) is 10.6 Å². The molecule has 0 saturated carbocycles. The van der Waals surface area contributed by atoms with E-state index in [-0.39, 0.29) is 5.82 Å². The van der Waals surface area contributed by atoms with Crippen molar-refractivity contribution in [2.75, 3.05) is 46.4 Å². The van der Waals surface area contributed by atoms with Crippen molar-refractivity contribution in [2.24, 2.45) is 4.99 Å². The largest absolute Gasteiger partial charge is 0.376 e. The van der Waals surface area contributed by atoms with Gasteiger partial charge in [-0.3, -0.25) is 9.89 Å². The molecule has 1 aromatic rings. The topological polar surface area (TPSA) is 40.1 Å². The number of hydrogen-bond acceptors (Lipinski definition) is 3. The third-order valence-corrected chi connectivity index (χ3v) is 5.43. The average Bonchev–Trinajstić information content (AvgIpc) is 3.13. The Morgan fingerprint density at radius 1 is 1.36 bits per heavy atom. The summed E-state index contributed by atoms with van der Waals surface area (Å²) in [5.41, 5.74) is 1.01. The van der Waals surface area contributed by atoms with Crippen molar-refractivity contribution >= 4 is 21.9 Å². The number of halogens is 2. The number of nitrogens with one attached hydrogen (secondary N) is 1. The molecule has 0 spiro atoms. The maximum absolute atomic E-state index is 13.7. The van der Waals surface area contributed by atoms with Gasteiger partial charge in [-0.25, -0.2) is 4.39 Å². The second-order valence-electron chi connectivity index (χ2n) is 6.57. The molecule has 25 heavy (non-hydrogen) atoms. The fraction of sp³-hybridized carbons (Fsp3) is 0.611. The van der Waals surface area contributed by atoms with Crippen LogP contribution in [-0.2, 0) is 11.3 Å². The van der Waals surface area contributed by atoms with Crippen LogP contribution in [0.5, 0.6) is 0 Å². The molecule has 1 N–H and O–H groups in total. The molecule has 5 nitrogen and oxygen atoms in total. The van der Waals surface area contributed by atoms with E-state index in [1.165, 1.54) is 0 Å². The Kier molecular flexibility index (Phi) is 6.67.